The molecule has 4 aromatic heterocycles. The summed E-state index contributed by atoms with van der Waals surface area (Å²) in [6, 6.07) is 18.5. The van der Waals surface area contributed by atoms with Crippen LogP contribution in [0.25, 0.3) is 57.5 Å². The van der Waals surface area contributed by atoms with Crippen LogP contribution in [0.15, 0.2) is 67.0 Å². The van der Waals surface area contributed by atoms with E-state index in [0.29, 0.717) is 0 Å². The van der Waals surface area contributed by atoms with Gasteiger partial charge in [-0.1, -0.05) is 0 Å². The molecule has 3 N–H and O–H groups in total. The molecule has 7 heteroatoms. The molecule has 6 heterocycles. The second-order valence-electron chi connectivity index (χ2n) is 7.84. The topological polar surface area (TPSA) is 108 Å². The van der Waals surface area contributed by atoms with Gasteiger partial charge in [0, 0.05) is 46.9 Å². The summed E-state index contributed by atoms with van der Waals surface area (Å²) in [5.41, 5.74) is 9.89. The number of aliphatic carboxylic acids is 1. The van der Waals surface area contributed by atoms with Gasteiger partial charge in [0.15, 0.2) is 0 Å². The molecule has 0 unspecified atom stereocenters. The Balaban J connectivity index is 0.000000560. The second kappa shape index (κ2) is 8.99. The molecule has 0 saturated heterocycles. The van der Waals surface area contributed by atoms with E-state index < -0.39 is 5.97 Å². The zero-order valence-electron chi connectivity index (χ0n) is 18.4. The van der Waals surface area contributed by atoms with Crippen LogP contribution < -0.4 is 0 Å². The van der Waals surface area contributed by atoms with Gasteiger partial charge in [-0.15, -0.1) is 0 Å². The summed E-state index contributed by atoms with van der Waals surface area (Å²) in [6.45, 7) is 1.08. The molecular formula is C27H21N5O2. The number of hydrogen-bond donors (Lipinski definition) is 3. The van der Waals surface area contributed by atoms with E-state index in [4.69, 9.17) is 14.9 Å². The molecule has 0 atom stereocenters. The standard InChI is InChI=1S/C25H17N5.C2H4O2/c1-2-18-12-20-5-6-22(29-20)15-25-24(16-7-9-26-10-8-16)14-23(30-25)13-21-4-3-19(28-21)11-17(1)27-18;1-2(3)4/h1-15,28,30H;1H3,(H,3,4). The van der Waals surface area contributed by atoms with Crippen molar-refractivity contribution >= 4 is 52.3 Å². The number of carboxylic acids is 1. The Morgan fingerprint density at radius 3 is 1.91 bits per heavy atom. The Bertz CT molecular complexity index is 1590. The first kappa shape index (κ1) is 21.1. The Kier molecular flexibility index (Phi) is 5.58. The van der Waals surface area contributed by atoms with E-state index in [2.05, 4.69) is 50.3 Å². The van der Waals surface area contributed by atoms with Crippen LogP contribution in [0, 0.1) is 0 Å². The average Bonchev–Trinajstić information content (AvgIpc) is 3.59. The van der Waals surface area contributed by atoms with Crippen molar-refractivity contribution < 1.29 is 9.90 Å². The molecule has 2 aliphatic heterocycles. The highest BCUT2D eigenvalue weighted by Crippen LogP contribution is 2.27. The minimum atomic E-state index is -0.833. The van der Waals surface area contributed by atoms with Crippen LogP contribution in [-0.2, 0) is 4.79 Å². The number of aromatic nitrogens is 5. The highest BCUT2D eigenvalue weighted by atomic mass is 16.4. The fraction of sp³-hybridized carbons (Fsp3) is 0.0370. The van der Waals surface area contributed by atoms with E-state index in [1.807, 2.05) is 61.0 Å². The van der Waals surface area contributed by atoms with Gasteiger partial charge in [-0.3, -0.25) is 9.78 Å². The van der Waals surface area contributed by atoms with Crippen molar-refractivity contribution in [3.63, 3.8) is 0 Å². The molecule has 4 aromatic rings. The van der Waals surface area contributed by atoms with Crippen LogP contribution in [-0.4, -0.2) is 36.0 Å². The lowest BCUT2D eigenvalue weighted by atomic mass is 10.1. The number of rotatable bonds is 1. The van der Waals surface area contributed by atoms with Crippen LogP contribution in [0.4, 0.5) is 0 Å². The minimum absolute atomic E-state index is 0.833. The maximum atomic E-state index is 9.00. The minimum Gasteiger partial charge on any atom is -0.481 e. The summed E-state index contributed by atoms with van der Waals surface area (Å²) in [5.74, 6) is -0.833. The van der Waals surface area contributed by atoms with Gasteiger partial charge >= 0.3 is 0 Å². The number of nitrogens with zero attached hydrogens (tertiary/aromatic N) is 3. The molecule has 2 aliphatic rings. The van der Waals surface area contributed by atoms with Crippen molar-refractivity contribution in [2.75, 3.05) is 0 Å². The second-order valence-corrected chi connectivity index (χ2v) is 7.84. The lowest BCUT2D eigenvalue weighted by molar-refractivity contribution is -0.134. The monoisotopic (exact) mass is 447 g/mol. The molecule has 6 rings (SSSR count). The van der Waals surface area contributed by atoms with E-state index in [0.717, 1.165) is 62.9 Å². The van der Waals surface area contributed by atoms with Crippen LogP contribution >= 0.6 is 0 Å². The molecule has 0 spiro atoms. The van der Waals surface area contributed by atoms with Gasteiger partial charge in [0.2, 0.25) is 0 Å². The molecule has 0 fully saturated rings. The Morgan fingerprint density at radius 2 is 1.26 bits per heavy atom. The van der Waals surface area contributed by atoms with Crippen molar-refractivity contribution in [2.45, 2.75) is 6.92 Å². The zero-order valence-corrected chi connectivity index (χ0v) is 18.4. The van der Waals surface area contributed by atoms with Crippen LogP contribution in [0.1, 0.15) is 29.7 Å². The number of carbonyl (C=O) groups is 1. The molecular weight excluding hydrogens is 426 g/mol. The molecule has 0 saturated carbocycles. The van der Waals surface area contributed by atoms with Crippen molar-refractivity contribution in [1.29, 1.82) is 0 Å². The molecule has 7 nitrogen and oxygen atoms in total. The summed E-state index contributed by atoms with van der Waals surface area (Å²) >= 11 is 0. The predicted octanol–water partition coefficient (Wildman–Crippen LogP) is 5.81. The van der Waals surface area contributed by atoms with Crippen molar-refractivity contribution in [3.8, 4) is 11.1 Å². The first-order valence-corrected chi connectivity index (χ1v) is 10.7. The van der Waals surface area contributed by atoms with Gasteiger partial charge in [0.1, 0.15) is 0 Å². The summed E-state index contributed by atoms with van der Waals surface area (Å²) in [7, 11) is 0. The summed E-state index contributed by atoms with van der Waals surface area (Å²) in [4.78, 5) is 29.5. The maximum absolute atomic E-state index is 9.00. The van der Waals surface area contributed by atoms with E-state index in [1.165, 1.54) is 0 Å². The lowest BCUT2D eigenvalue weighted by Crippen LogP contribution is -1.78. The van der Waals surface area contributed by atoms with Gasteiger partial charge in [-0.05, 0) is 84.5 Å². The Labute approximate surface area is 195 Å². The molecule has 0 aliphatic carbocycles. The Hall–Kier alpha value is -4.78. The SMILES string of the molecule is C1=Cc2cc3ccc(cc4cc(-c5ccncc5)c(cc5nc(cc1n2)C=C5)[nH]4)[nH]3.CC(=O)O. The summed E-state index contributed by atoms with van der Waals surface area (Å²) < 4.78 is 0. The largest absolute Gasteiger partial charge is 0.481 e. The fourth-order valence-electron chi connectivity index (χ4n) is 3.79. The third kappa shape index (κ3) is 4.83. The van der Waals surface area contributed by atoms with Crippen molar-refractivity contribution in [2.24, 2.45) is 0 Å². The third-order valence-electron chi connectivity index (χ3n) is 5.16. The fourth-order valence-corrected chi connectivity index (χ4v) is 3.79. The highest BCUT2D eigenvalue weighted by molar-refractivity contribution is 5.87. The number of H-pyrrole nitrogens is 2. The third-order valence-corrected chi connectivity index (χ3v) is 5.16. The van der Waals surface area contributed by atoms with E-state index >= 15 is 0 Å². The van der Waals surface area contributed by atoms with Crippen molar-refractivity contribution in [3.05, 3.63) is 89.8 Å². The van der Waals surface area contributed by atoms with Gasteiger partial charge < -0.3 is 15.1 Å². The van der Waals surface area contributed by atoms with E-state index in [9.17, 15) is 0 Å². The van der Waals surface area contributed by atoms with Gasteiger partial charge in [0.05, 0.1) is 22.8 Å². The predicted molar refractivity (Wildman–Crippen MR) is 135 cm³/mol. The normalized spacial score (nSPS) is 11.7. The maximum Gasteiger partial charge on any atom is 0.300 e. The van der Waals surface area contributed by atoms with Gasteiger partial charge in [-0.2, -0.15) is 0 Å². The molecule has 34 heavy (non-hydrogen) atoms. The molecule has 0 amide bonds. The van der Waals surface area contributed by atoms with Gasteiger partial charge in [0.25, 0.3) is 5.97 Å². The molecule has 0 aromatic carbocycles. The number of hydrogen-bond acceptors (Lipinski definition) is 4. The van der Waals surface area contributed by atoms with Gasteiger partial charge in [-0.25, -0.2) is 9.97 Å². The van der Waals surface area contributed by atoms with E-state index in [-0.39, 0.29) is 0 Å². The van der Waals surface area contributed by atoms with Crippen molar-refractivity contribution in [1.82, 2.24) is 24.9 Å². The number of aromatic amines is 2. The summed E-state index contributed by atoms with van der Waals surface area (Å²) in [5, 5.41) is 7.42. The smallest absolute Gasteiger partial charge is 0.300 e. The first-order valence-electron chi connectivity index (χ1n) is 10.7. The lowest BCUT2D eigenvalue weighted by Gasteiger charge is -1.97. The number of fused-ring (bicyclic) bond motifs is 8. The van der Waals surface area contributed by atoms with Crippen LogP contribution in [0.2, 0.25) is 0 Å². The van der Waals surface area contributed by atoms with Crippen LogP contribution in [0.5, 0.6) is 0 Å². The zero-order chi connectivity index (χ0) is 23.5. The Morgan fingerprint density at radius 1 is 0.706 bits per heavy atom. The van der Waals surface area contributed by atoms with Crippen LogP contribution in [0.3, 0.4) is 0 Å². The quantitative estimate of drug-likeness (QED) is 0.295. The average molecular weight is 447 g/mol. The molecule has 8 bridgehead atoms. The number of carboxylic acid groups (broad SMARTS) is 1. The number of nitrogens with one attached hydrogen (secondary N) is 2. The highest BCUT2D eigenvalue weighted by Gasteiger charge is 2.06. The number of pyridine rings is 1. The molecule has 0 radical (unpaired) electrons. The van der Waals surface area contributed by atoms with E-state index in [1.54, 1.807) is 0 Å². The summed E-state index contributed by atoms with van der Waals surface area (Å²) in [6.07, 6.45) is 11.7. The first-order chi connectivity index (χ1) is 16.5. The molecule has 166 valence electrons.